The van der Waals surface area contributed by atoms with Crippen LogP contribution in [0.4, 0.5) is 13.2 Å². The minimum atomic E-state index is -4.52. The molecule has 2 aromatic heterocycles. The van der Waals surface area contributed by atoms with E-state index >= 15 is 0 Å². The number of aromatic nitrogens is 5. The van der Waals surface area contributed by atoms with E-state index < -0.39 is 11.7 Å². The van der Waals surface area contributed by atoms with Gasteiger partial charge in [-0.05, 0) is 61.2 Å². The Morgan fingerprint density at radius 2 is 1.95 bits per heavy atom. The molecule has 3 heterocycles. The SMILES string of the molecule is CON(C(=O)Cc1cc(C)no1)C1CCN(C(=O)/C=C/c2ccc(C(F)(F)F)cc2Cn2nnc(C)n2)CC1. The summed E-state index contributed by atoms with van der Waals surface area (Å²) in [4.78, 5) is 33.7. The molecule has 0 bridgehead atoms. The first kappa shape index (κ1) is 28.0. The minimum Gasteiger partial charge on any atom is -0.361 e. The number of nitrogens with zero attached hydrogens (tertiary/aromatic N) is 7. The number of hydroxylamine groups is 2. The number of hydrogen-bond acceptors (Lipinski definition) is 8. The van der Waals surface area contributed by atoms with Crippen molar-refractivity contribution in [3.63, 3.8) is 0 Å². The van der Waals surface area contributed by atoms with Crippen molar-refractivity contribution < 1.29 is 32.1 Å². The zero-order valence-corrected chi connectivity index (χ0v) is 21.7. The smallest absolute Gasteiger partial charge is 0.361 e. The highest BCUT2D eigenvalue weighted by molar-refractivity contribution is 5.92. The van der Waals surface area contributed by atoms with Crippen LogP contribution in [0.15, 0.2) is 34.9 Å². The number of piperidine rings is 1. The topological polar surface area (TPSA) is 119 Å². The van der Waals surface area contributed by atoms with E-state index in [1.807, 2.05) is 0 Å². The lowest BCUT2D eigenvalue weighted by molar-refractivity contribution is -0.192. The first-order valence-electron chi connectivity index (χ1n) is 12.2. The maximum absolute atomic E-state index is 13.3. The largest absolute Gasteiger partial charge is 0.416 e. The minimum absolute atomic E-state index is 0.00963. The molecule has 11 nitrogen and oxygen atoms in total. The number of carbonyl (C=O) groups excluding carboxylic acids is 2. The summed E-state index contributed by atoms with van der Waals surface area (Å²) >= 11 is 0. The third-order valence-electron chi connectivity index (χ3n) is 6.29. The number of rotatable bonds is 8. The Hall–Kier alpha value is -4.07. The fourth-order valence-electron chi connectivity index (χ4n) is 4.39. The number of benzene rings is 1. The lowest BCUT2D eigenvalue weighted by Crippen LogP contribution is -2.48. The van der Waals surface area contributed by atoms with E-state index in [9.17, 15) is 22.8 Å². The molecule has 4 rings (SSSR count). The number of likely N-dealkylation sites (tertiary alicyclic amines) is 1. The highest BCUT2D eigenvalue weighted by Crippen LogP contribution is 2.31. The molecule has 0 N–H and O–H groups in total. The molecule has 14 heteroatoms. The van der Waals surface area contributed by atoms with Crippen molar-refractivity contribution in [3.05, 3.63) is 64.3 Å². The van der Waals surface area contributed by atoms with Crippen LogP contribution in [0.3, 0.4) is 0 Å². The lowest BCUT2D eigenvalue weighted by Gasteiger charge is -2.36. The number of halogens is 3. The summed E-state index contributed by atoms with van der Waals surface area (Å²) in [6, 6.07) is 4.76. The van der Waals surface area contributed by atoms with E-state index in [2.05, 4.69) is 20.6 Å². The van der Waals surface area contributed by atoms with Crippen LogP contribution >= 0.6 is 0 Å². The van der Waals surface area contributed by atoms with Gasteiger partial charge in [-0.15, -0.1) is 10.2 Å². The maximum Gasteiger partial charge on any atom is 0.416 e. The van der Waals surface area contributed by atoms with Crippen molar-refractivity contribution in [1.29, 1.82) is 0 Å². The monoisotopic (exact) mass is 547 g/mol. The first-order valence-corrected chi connectivity index (χ1v) is 12.2. The summed E-state index contributed by atoms with van der Waals surface area (Å²) in [5.41, 5.74) is 0.590. The van der Waals surface area contributed by atoms with Gasteiger partial charge in [-0.3, -0.25) is 14.4 Å². The number of tetrazole rings is 1. The molecule has 1 aliphatic heterocycles. The average molecular weight is 548 g/mol. The standard InChI is InChI=1S/C25H28F3N7O4/c1-16-12-22(39-31-16)14-24(37)35(38-3)21-8-10-33(11-9-21)23(36)7-5-18-4-6-20(25(26,27)28)13-19(18)15-34-30-17(2)29-32-34/h4-7,12-13,21H,8-11,14-15H2,1-3H3/b7-5+. The van der Waals surface area contributed by atoms with Gasteiger partial charge < -0.3 is 9.42 Å². The van der Waals surface area contributed by atoms with Gasteiger partial charge in [0.2, 0.25) is 5.91 Å². The van der Waals surface area contributed by atoms with Gasteiger partial charge in [0.05, 0.1) is 37.4 Å². The van der Waals surface area contributed by atoms with Gasteiger partial charge in [0, 0.05) is 25.2 Å². The molecule has 0 spiro atoms. The zero-order valence-electron chi connectivity index (χ0n) is 21.7. The van der Waals surface area contributed by atoms with E-state index in [-0.39, 0.29) is 30.8 Å². The molecule has 1 aliphatic rings. The highest BCUT2D eigenvalue weighted by Gasteiger charge is 2.32. The van der Waals surface area contributed by atoms with Crippen molar-refractivity contribution in [3.8, 4) is 0 Å². The number of aryl methyl sites for hydroxylation is 2. The quantitative estimate of drug-likeness (QED) is 0.312. The Morgan fingerprint density at radius 3 is 2.54 bits per heavy atom. The second-order valence-corrected chi connectivity index (χ2v) is 9.18. The van der Waals surface area contributed by atoms with Crippen LogP contribution in [-0.4, -0.2) is 73.4 Å². The van der Waals surface area contributed by atoms with Gasteiger partial charge in [-0.2, -0.15) is 18.0 Å². The summed E-state index contributed by atoms with van der Waals surface area (Å²) in [6.45, 7) is 4.10. The van der Waals surface area contributed by atoms with Gasteiger partial charge in [-0.25, -0.2) is 5.06 Å². The molecule has 0 radical (unpaired) electrons. The molecule has 1 fully saturated rings. The molecular formula is C25H28F3N7O4. The summed E-state index contributed by atoms with van der Waals surface area (Å²) in [5.74, 6) is 0.265. The van der Waals surface area contributed by atoms with E-state index in [0.29, 0.717) is 54.3 Å². The number of alkyl halides is 3. The Kier molecular flexibility index (Phi) is 8.43. The fraction of sp³-hybridized carbons (Fsp3) is 0.440. The first-order chi connectivity index (χ1) is 18.5. The summed E-state index contributed by atoms with van der Waals surface area (Å²) < 4.78 is 45.0. The van der Waals surface area contributed by atoms with Crippen LogP contribution in [0.1, 0.15) is 46.8 Å². The van der Waals surface area contributed by atoms with Gasteiger partial charge in [-0.1, -0.05) is 11.2 Å². The van der Waals surface area contributed by atoms with E-state index in [1.165, 1.54) is 35.2 Å². The van der Waals surface area contributed by atoms with Gasteiger partial charge in [0.15, 0.2) is 5.82 Å². The maximum atomic E-state index is 13.3. The van der Waals surface area contributed by atoms with Crippen molar-refractivity contribution in [2.75, 3.05) is 20.2 Å². The second kappa shape index (κ2) is 11.8. The Labute approximate surface area is 222 Å². The molecular weight excluding hydrogens is 519 g/mol. The fourth-order valence-corrected chi connectivity index (χ4v) is 4.39. The molecule has 208 valence electrons. The van der Waals surface area contributed by atoms with Crippen LogP contribution < -0.4 is 0 Å². The second-order valence-electron chi connectivity index (χ2n) is 9.18. The lowest BCUT2D eigenvalue weighted by atomic mass is 10.0. The third-order valence-corrected chi connectivity index (χ3v) is 6.29. The molecule has 39 heavy (non-hydrogen) atoms. The number of amides is 2. The predicted octanol–water partition coefficient (Wildman–Crippen LogP) is 2.98. The van der Waals surface area contributed by atoms with Crippen molar-refractivity contribution in [2.45, 2.75) is 51.9 Å². The van der Waals surface area contributed by atoms with Crippen LogP contribution in [-0.2, 0) is 33.6 Å². The van der Waals surface area contributed by atoms with Crippen LogP contribution in [0.5, 0.6) is 0 Å². The molecule has 0 unspecified atom stereocenters. The third kappa shape index (κ3) is 7.07. The number of carbonyl (C=O) groups is 2. The van der Waals surface area contributed by atoms with E-state index in [1.54, 1.807) is 24.8 Å². The van der Waals surface area contributed by atoms with Crippen LogP contribution in [0, 0.1) is 13.8 Å². The average Bonchev–Trinajstić information content (AvgIpc) is 3.50. The van der Waals surface area contributed by atoms with Gasteiger partial charge in [0.25, 0.3) is 5.91 Å². The summed E-state index contributed by atoms with van der Waals surface area (Å²) in [6.07, 6.45) is -0.700. The highest BCUT2D eigenvalue weighted by atomic mass is 19.4. The van der Waals surface area contributed by atoms with E-state index in [4.69, 9.17) is 9.36 Å². The molecule has 1 saturated heterocycles. The van der Waals surface area contributed by atoms with E-state index in [0.717, 1.165) is 12.1 Å². The van der Waals surface area contributed by atoms with Crippen LogP contribution in [0.2, 0.25) is 0 Å². The summed E-state index contributed by atoms with van der Waals surface area (Å²) in [7, 11) is 1.42. The normalized spacial score (nSPS) is 14.8. The predicted molar refractivity (Wildman–Crippen MR) is 131 cm³/mol. The van der Waals surface area contributed by atoms with Crippen molar-refractivity contribution in [2.24, 2.45) is 0 Å². The van der Waals surface area contributed by atoms with Crippen molar-refractivity contribution >= 4 is 17.9 Å². The Morgan fingerprint density at radius 1 is 1.21 bits per heavy atom. The Bertz CT molecular complexity index is 1340. The van der Waals surface area contributed by atoms with Crippen molar-refractivity contribution in [1.82, 2.24) is 35.3 Å². The molecule has 0 atom stereocenters. The van der Waals surface area contributed by atoms with Crippen LogP contribution in [0.25, 0.3) is 6.08 Å². The molecule has 1 aromatic carbocycles. The summed E-state index contributed by atoms with van der Waals surface area (Å²) in [5, 5.41) is 16.7. The molecule has 2 amide bonds. The molecule has 3 aromatic rings. The molecule has 0 aliphatic carbocycles. The zero-order chi connectivity index (χ0) is 28.2. The number of hydrogen-bond donors (Lipinski definition) is 0. The van der Waals surface area contributed by atoms with Gasteiger partial charge in [0.1, 0.15) is 5.76 Å². The Balaban J connectivity index is 1.39. The van der Waals surface area contributed by atoms with Gasteiger partial charge >= 0.3 is 6.18 Å². The molecule has 0 saturated carbocycles.